The Kier molecular flexibility index (Phi) is 12.1. The summed E-state index contributed by atoms with van der Waals surface area (Å²) in [4.78, 5) is 7.06. The number of rotatable bonds is 9. The van der Waals surface area contributed by atoms with Crippen LogP contribution < -0.4 is 10.6 Å². The van der Waals surface area contributed by atoms with Gasteiger partial charge in [-0.3, -0.25) is 10.00 Å². The van der Waals surface area contributed by atoms with Gasteiger partial charge in [-0.05, 0) is 47.1 Å². The molecule has 0 saturated heterocycles. The van der Waals surface area contributed by atoms with Crippen molar-refractivity contribution in [1.29, 1.82) is 0 Å². The van der Waals surface area contributed by atoms with Gasteiger partial charge < -0.3 is 10.6 Å². The van der Waals surface area contributed by atoms with Gasteiger partial charge in [-0.2, -0.15) is 5.10 Å². The van der Waals surface area contributed by atoms with Crippen molar-refractivity contribution in [3.8, 4) is 0 Å². The van der Waals surface area contributed by atoms with Crippen LogP contribution in [0.3, 0.4) is 0 Å². The molecule has 0 bridgehead atoms. The molecule has 7 heteroatoms. The molecule has 0 saturated carbocycles. The highest BCUT2D eigenvalue weighted by Crippen LogP contribution is 2.05. The molecule has 1 rings (SSSR count). The van der Waals surface area contributed by atoms with E-state index in [4.69, 9.17) is 0 Å². The maximum absolute atomic E-state index is 4.55. The number of guanidine groups is 1. The molecule has 1 aromatic rings. The summed E-state index contributed by atoms with van der Waals surface area (Å²) in [6.45, 7) is 14.6. The summed E-state index contributed by atoms with van der Waals surface area (Å²) in [5.74, 6) is 0.859. The van der Waals surface area contributed by atoms with Crippen molar-refractivity contribution in [3.63, 3.8) is 0 Å². The number of aliphatic imine (C=N–C) groups is 1. The second-order valence-corrected chi connectivity index (χ2v) is 5.98. The average Bonchev–Trinajstić information content (AvgIpc) is 2.96. The number of aromatic amines is 1. The Morgan fingerprint density at radius 1 is 1.26 bits per heavy atom. The highest BCUT2D eigenvalue weighted by atomic mass is 127. The third-order valence-electron chi connectivity index (χ3n) is 3.52. The maximum Gasteiger partial charge on any atom is 0.191 e. The number of nitrogens with one attached hydrogen (secondary N) is 3. The molecular weight excluding hydrogens is 403 g/mol. The molecule has 0 spiro atoms. The standard InChI is InChI=1S/C16H32N6.HI/c1-6-17-16(19-12-15-8-10-20-21-15)18-9-7-11-22(13(2)3)14(4)5;/h8,10,13-14H,6-7,9,11-12H2,1-5H3,(H,20,21)(H2,17,18,19);1H. The summed E-state index contributed by atoms with van der Waals surface area (Å²) in [5.41, 5.74) is 1.02. The normalized spacial score (nSPS) is 11.9. The molecule has 0 fully saturated rings. The lowest BCUT2D eigenvalue weighted by Crippen LogP contribution is -2.41. The van der Waals surface area contributed by atoms with Gasteiger partial charge in [-0.1, -0.05) is 0 Å². The van der Waals surface area contributed by atoms with Crippen molar-refractivity contribution >= 4 is 29.9 Å². The minimum absolute atomic E-state index is 0. The van der Waals surface area contributed by atoms with E-state index in [-0.39, 0.29) is 24.0 Å². The minimum Gasteiger partial charge on any atom is -0.357 e. The number of hydrogen-bond acceptors (Lipinski definition) is 3. The molecule has 6 nitrogen and oxygen atoms in total. The van der Waals surface area contributed by atoms with Gasteiger partial charge in [0.1, 0.15) is 0 Å². The summed E-state index contributed by atoms with van der Waals surface area (Å²) in [6, 6.07) is 3.11. The molecule has 3 N–H and O–H groups in total. The SMILES string of the molecule is CCNC(=NCc1ccn[nH]1)NCCCN(C(C)C)C(C)C.I. The third kappa shape index (κ3) is 9.14. The molecule has 0 amide bonds. The zero-order valence-electron chi connectivity index (χ0n) is 15.1. The van der Waals surface area contributed by atoms with Crippen molar-refractivity contribution in [2.24, 2.45) is 4.99 Å². The van der Waals surface area contributed by atoms with Gasteiger partial charge in [-0.15, -0.1) is 24.0 Å². The van der Waals surface area contributed by atoms with E-state index in [9.17, 15) is 0 Å². The molecule has 0 radical (unpaired) electrons. The number of aromatic nitrogens is 2. The predicted octanol–water partition coefficient (Wildman–Crippen LogP) is 2.59. The van der Waals surface area contributed by atoms with Gasteiger partial charge in [0, 0.05) is 37.9 Å². The Hall–Kier alpha value is -0.830. The van der Waals surface area contributed by atoms with Gasteiger partial charge >= 0.3 is 0 Å². The van der Waals surface area contributed by atoms with Crippen LogP contribution >= 0.6 is 24.0 Å². The first-order chi connectivity index (χ1) is 10.5. The summed E-state index contributed by atoms with van der Waals surface area (Å²) in [5, 5.41) is 13.5. The Morgan fingerprint density at radius 2 is 1.96 bits per heavy atom. The molecular formula is C16H33IN6. The van der Waals surface area contributed by atoms with Crippen molar-refractivity contribution in [2.45, 2.75) is 59.7 Å². The van der Waals surface area contributed by atoms with Crippen LogP contribution in [0.1, 0.15) is 46.7 Å². The van der Waals surface area contributed by atoms with Crippen LogP contribution in [0.5, 0.6) is 0 Å². The average molecular weight is 436 g/mol. The summed E-state index contributed by atoms with van der Waals surface area (Å²) in [6.07, 6.45) is 2.85. The van der Waals surface area contributed by atoms with E-state index in [1.54, 1.807) is 6.20 Å². The van der Waals surface area contributed by atoms with Crippen molar-refractivity contribution < 1.29 is 0 Å². The lowest BCUT2D eigenvalue weighted by atomic mass is 10.2. The quantitative estimate of drug-likeness (QED) is 0.241. The molecule has 0 aliphatic carbocycles. The molecule has 1 heterocycles. The van der Waals surface area contributed by atoms with Crippen LogP contribution in [0.4, 0.5) is 0 Å². The molecule has 0 unspecified atom stereocenters. The highest BCUT2D eigenvalue weighted by molar-refractivity contribution is 14.0. The molecule has 0 atom stereocenters. The Morgan fingerprint density at radius 3 is 2.48 bits per heavy atom. The van der Waals surface area contributed by atoms with Crippen LogP contribution in [0, 0.1) is 0 Å². The zero-order valence-corrected chi connectivity index (χ0v) is 17.4. The second kappa shape index (κ2) is 12.6. The van der Waals surface area contributed by atoms with Crippen molar-refractivity contribution in [2.75, 3.05) is 19.6 Å². The van der Waals surface area contributed by atoms with E-state index >= 15 is 0 Å². The monoisotopic (exact) mass is 436 g/mol. The molecule has 0 aliphatic heterocycles. The number of H-pyrrole nitrogens is 1. The molecule has 0 aliphatic rings. The Balaban J connectivity index is 0.00000484. The number of nitrogens with zero attached hydrogens (tertiary/aromatic N) is 3. The van der Waals surface area contributed by atoms with E-state index in [0.717, 1.165) is 37.7 Å². The van der Waals surface area contributed by atoms with Gasteiger partial charge in [0.25, 0.3) is 0 Å². The first-order valence-corrected chi connectivity index (χ1v) is 8.30. The molecule has 0 aromatic carbocycles. The molecule has 134 valence electrons. The second-order valence-electron chi connectivity index (χ2n) is 5.98. The van der Waals surface area contributed by atoms with Gasteiger partial charge in [0.2, 0.25) is 0 Å². The first kappa shape index (κ1) is 22.2. The van der Waals surface area contributed by atoms with E-state index in [1.807, 2.05) is 6.07 Å². The predicted molar refractivity (Wildman–Crippen MR) is 108 cm³/mol. The molecule has 1 aromatic heterocycles. The maximum atomic E-state index is 4.55. The summed E-state index contributed by atoms with van der Waals surface area (Å²) in [7, 11) is 0. The van der Waals surface area contributed by atoms with Crippen LogP contribution in [-0.2, 0) is 6.54 Å². The number of hydrogen-bond donors (Lipinski definition) is 3. The van der Waals surface area contributed by atoms with E-state index in [0.29, 0.717) is 18.6 Å². The lowest BCUT2D eigenvalue weighted by molar-refractivity contribution is 0.173. The Labute approximate surface area is 157 Å². The van der Waals surface area contributed by atoms with Crippen LogP contribution in [0.15, 0.2) is 17.3 Å². The minimum atomic E-state index is 0. The topological polar surface area (TPSA) is 68.3 Å². The van der Waals surface area contributed by atoms with E-state index in [1.165, 1.54) is 0 Å². The first-order valence-electron chi connectivity index (χ1n) is 8.30. The van der Waals surface area contributed by atoms with Crippen LogP contribution in [0.2, 0.25) is 0 Å². The van der Waals surface area contributed by atoms with Gasteiger partial charge in [0.05, 0.1) is 12.2 Å². The van der Waals surface area contributed by atoms with Gasteiger partial charge in [0.15, 0.2) is 5.96 Å². The largest absolute Gasteiger partial charge is 0.357 e. The highest BCUT2D eigenvalue weighted by Gasteiger charge is 2.12. The smallest absolute Gasteiger partial charge is 0.191 e. The summed E-state index contributed by atoms with van der Waals surface area (Å²) < 4.78 is 0. The lowest BCUT2D eigenvalue weighted by Gasteiger charge is -2.30. The Bertz CT molecular complexity index is 408. The third-order valence-corrected chi connectivity index (χ3v) is 3.52. The summed E-state index contributed by atoms with van der Waals surface area (Å²) >= 11 is 0. The van der Waals surface area contributed by atoms with Crippen molar-refractivity contribution in [3.05, 3.63) is 18.0 Å². The van der Waals surface area contributed by atoms with Crippen LogP contribution in [-0.4, -0.2) is 52.8 Å². The number of halogens is 1. The van der Waals surface area contributed by atoms with E-state index < -0.39 is 0 Å². The van der Waals surface area contributed by atoms with E-state index in [2.05, 4.69) is 65.3 Å². The van der Waals surface area contributed by atoms with Gasteiger partial charge in [-0.25, -0.2) is 4.99 Å². The fourth-order valence-corrected chi connectivity index (χ4v) is 2.46. The fraction of sp³-hybridized carbons (Fsp3) is 0.750. The fourth-order valence-electron chi connectivity index (χ4n) is 2.46. The molecule has 23 heavy (non-hydrogen) atoms. The van der Waals surface area contributed by atoms with Crippen molar-refractivity contribution in [1.82, 2.24) is 25.7 Å². The zero-order chi connectivity index (χ0) is 16.4. The van der Waals surface area contributed by atoms with Crippen LogP contribution in [0.25, 0.3) is 0 Å².